The molecule has 19 heavy (non-hydrogen) atoms. The Kier molecular flexibility index (Phi) is 4.25. The van der Waals surface area contributed by atoms with E-state index in [0.717, 1.165) is 0 Å². The average molecular weight is 340 g/mol. The molecule has 0 radical (unpaired) electrons. The first-order valence-electron chi connectivity index (χ1n) is 5.21. The molecule has 0 aliphatic heterocycles. The van der Waals surface area contributed by atoms with Crippen LogP contribution in [-0.2, 0) is 0 Å². The summed E-state index contributed by atoms with van der Waals surface area (Å²) in [6.07, 6.45) is 0. The highest BCUT2D eigenvalue weighted by molar-refractivity contribution is 9.10. The van der Waals surface area contributed by atoms with Crippen molar-refractivity contribution >= 4 is 27.5 Å². The lowest BCUT2D eigenvalue weighted by molar-refractivity contribution is 0.411. The molecule has 0 aliphatic carbocycles. The van der Waals surface area contributed by atoms with E-state index in [-0.39, 0.29) is 11.0 Å². The fourth-order valence-electron chi connectivity index (χ4n) is 1.39. The molecule has 96 valence electrons. The molecule has 0 saturated heterocycles. The van der Waals surface area contributed by atoms with Crippen LogP contribution in [0.4, 0.5) is 0 Å². The van der Waals surface area contributed by atoms with Gasteiger partial charge in [0.2, 0.25) is 5.88 Å². The van der Waals surface area contributed by atoms with Gasteiger partial charge in [-0.15, -0.1) is 0 Å². The molecule has 1 heterocycles. The molecule has 2 rings (SSSR count). The third-order valence-corrected chi connectivity index (χ3v) is 3.07. The van der Waals surface area contributed by atoms with Crippen molar-refractivity contribution in [1.29, 1.82) is 5.26 Å². The van der Waals surface area contributed by atoms with E-state index in [4.69, 9.17) is 26.3 Å². The summed E-state index contributed by atoms with van der Waals surface area (Å²) in [5.74, 6) is 1.52. The molecule has 0 fully saturated rings. The van der Waals surface area contributed by atoms with Crippen molar-refractivity contribution in [1.82, 2.24) is 4.98 Å². The molecule has 1 aromatic carbocycles. The normalized spacial score (nSPS) is 9.79. The Balaban J connectivity index is 2.31. The highest BCUT2D eigenvalue weighted by atomic mass is 79.9. The molecular weight excluding hydrogens is 332 g/mol. The van der Waals surface area contributed by atoms with Crippen molar-refractivity contribution in [2.75, 3.05) is 7.11 Å². The van der Waals surface area contributed by atoms with Gasteiger partial charge in [0.25, 0.3) is 0 Å². The summed E-state index contributed by atoms with van der Waals surface area (Å²) in [4.78, 5) is 4.00. The fourth-order valence-corrected chi connectivity index (χ4v) is 2.03. The number of halogens is 2. The molecule has 6 heteroatoms. The molecule has 2 aromatic rings. The average Bonchev–Trinajstić information content (AvgIpc) is 2.40. The van der Waals surface area contributed by atoms with Gasteiger partial charge >= 0.3 is 0 Å². The van der Waals surface area contributed by atoms with Crippen molar-refractivity contribution in [3.05, 3.63) is 45.5 Å². The molecule has 1 aromatic heterocycles. The number of nitriles is 1. The maximum absolute atomic E-state index is 8.86. The summed E-state index contributed by atoms with van der Waals surface area (Å²) in [5, 5.41) is 9.06. The number of hydrogen-bond acceptors (Lipinski definition) is 4. The fraction of sp³-hybridized carbons (Fsp3) is 0.0769. The number of nitrogens with zero attached hydrogens (tertiary/aromatic N) is 2. The minimum atomic E-state index is 0.207. The van der Waals surface area contributed by atoms with Crippen LogP contribution >= 0.6 is 27.5 Å². The quantitative estimate of drug-likeness (QED) is 0.788. The van der Waals surface area contributed by atoms with E-state index < -0.39 is 0 Å². The molecule has 0 amide bonds. The molecule has 4 nitrogen and oxygen atoms in total. The van der Waals surface area contributed by atoms with E-state index in [2.05, 4.69) is 20.9 Å². The van der Waals surface area contributed by atoms with E-state index in [1.807, 2.05) is 6.07 Å². The first kappa shape index (κ1) is 13.7. The zero-order valence-electron chi connectivity index (χ0n) is 9.85. The summed E-state index contributed by atoms with van der Waals surface area (Å²) in [6.45, 7) is 0. The Morgan fingerprint density at radius 1 is 1.32 bits per heavy atom. The number of methoxy groups -OCH3 is 1. The Morgan fingerprint density at radius 3 is 2.74 bits per heavy atom. The van der Waals surface area contributed by atoms with Crippen LogP contribution in [0.3, 0.4) is 0 Å². The van der Waals surface area contributed by atoms with Gasteiger partial charge in [-0.1, -0.05) is 11.6 Å². The molecule has 0 aliphatic rings. The minimum Gasteiger partial charge on any atom is -0.497 e. The second-order valence-electron chi connectivity index (χ2n) is 3.53. The van der Waals surface area contributed by atoms with Crippen molar-refractivity contribution < 1.29 is 9.47 Å². The smallest absolute Gasteiger partial charge is 0.222 e. The second-order valence-corrected chi connectivity index (χ2v) is 4.77. The van der Waals surface area contributed by atoms with E-state index in [1.54, 1.807) is 25.3 Å². The molecule has 0 atom stereocenters. The maximum atomic E-state index is 8.86. The summed E-state index contributed by atoms with van der Waals surface area (Å²) in [5.41, 5.74) is 0.389. The first-order valence-corrected chi connectivity index (χ1v) is 6.38. The number of ether oxygens (including phenoxy) is 2. The lowest BCUT2D eigenvalue weighted by Gasteiger charge is -2.08. The lowest BCUT2D eigenvalue weighted by Crippen LogP contribution is -1.91. The predicted octanol–water partition coefficient (Wildman–Crippen LogP) is 4.17. The van der Waals surface area contributed by atoms with Crippen LogP contribution in [0.5, 0.6) is 17.4 Å². The minimum absolute atomic E-state index is 0.207. The van der Waals surface area contributed by atoms with Crippen LogP contribution in [0, 0.1) is 11.3 Å². The number of aromatic nitrogens is 1. The summed E-state index contributed by atoms with van der Waals surface area (Å²) < 4.78 is 11.4. The molecular formula is C13H8BrClN2O2. The Labute approximate surface area is 123 Å². The lowest BCUT2D eigenvalue weighted by atomic mass is 10.3. The SMILES string of the molecule is COc1ccc(Oc2cc(C#N)cc(Cl)n2)c(Br)c1. The zero-order valence-corrected chi connectivity index (χ0v) is 12.2. The summed E-state index contributed by atoms with van der Waals surface area (Å²) >= 11 is 9.18. The van der Waals surface area contributed by atoms with E-state index >= 15 is 0 Å². The third kappa shape index (κ3) is 3.37. The van der Waals surface area contributed by atoms with Crippen LogP contribution in [0.25, 0.3) is 0 Å². The Morgan fingerprint density at radius 2 is 2.11 bits per heavy atom. The van der Waals surface area contributed by atoms with Crippen LogP contribution in [0.15, 0.2) is 34.8 Å². The Hall–Kier alpha value is -1.77. The van der Waals surface area contributed by atoms with Gasteiger partial charge in [0, 0.05) is 6.07 Å². The van der Waals surface area contributed by atoms with E-state index in [9.17, 15) is 0 Å². The summed E-state index contributed by atoms with van der Waals surface area (Å²) in [7, 11) is 1.58. The van der Waals surface area contributed by atoms with Crippen molar-refractivity contribution in [3.63, 3.8) is 0 Å². The molecule has 0 spiro atoms. The number of pyridine rings is 1. The second kappa shape index (κ2) is 5.91. The van der Waals surface area contributed by atoms with Gasteiger partial charge < -0.3 is 9.47 Å². The van der Waals surface area contributed by atoms with Gasteiger partial charge in [0.05, 0.1) is 23.2 Å². The molecule has 0 unspecified atom stereocenters. The Bertz CT molecular complexity index is 656. The highest BCUT2D eigenvalue weighted by Gasteiger charge is 2.07. The van der Waals surface area contributed by atoms with Gasteiger partial charge in [0.1, 0.15) is 16.7 Å². The standard InChI is InChI=1S/C13H8BrClN2O2/c1-18-9-2-3-11(10(14)6-9)19-13-5-8(7-16)4-12(15)17-13/h2-6H,1H3. The van der Waals surface area contributed by atoms with Gasteiger partial charge in [-0.25, -0.2) is 4.98 Å². The van der Waals surface area contributed by atoms with Crippen molar-refractivity contribution in [3.8, 4) is 23.4 Å². The van der Waals surface area contributed by atoms with Gasteiger partial charge in [-0.3, -0.25) is 0 Å². The largest absolute Gasteiger partial charge is 0.497 e. The zero-order chi connectivity index (χ0) is 13.8. The van der Waals surface area contributed by atoms with E-state index in [0.29, 0.717) is 21.5 Å². The monoisotopic (exact) mass is 338 g/mol. The maximum Gasteiger partial charge on any atom is 0.222 e. The molecule has 0 N–H and O–H groups in total. The molecule has 0 saturated carbocycles. The van der Waals surface area contributed by atoms with Crippen molar-refractivity contribution in [2.24, 2.45) is 0 Å². The van der Waals surface area contributed by atoms with E-state index in [1.165, 1.54) is 12.1 Å². The number of hydrogen-bond donors (Lipinski definition) is 0. The number of benzene rings is 1. The van der Waals surface area contributed by atoms with Crippen LogP contribution in [-0.4, -0.2) is 12.1 Å². The van der Waals surface area contributed by atoms with Gasteiger partial charge in [0.15, 0.2) is 0 Å². The summed E-state index contributed by atoms with van der Waals surface area (Å²) in [6, 6.07) is 10.2. The first-order chi connectivity index (χ1) is 9.12. The topological polar surface area (TPSA) is 55.1 Å². The van der Waals surface area contributed by atoms with Crippen molar-refractivity contribution in [2.45, 2.75) is 0 Å². The van der Waals surface area contributed by atoms with Gasteiger partial charge in [-0.2, -0.15) is 5.26 Å². The van der Waals surface area contributed by atoms with Crippen LogP contribution in [0.2, 0.25) is 5.15 Å². The predicted molar refractivity (Wildman–Crippen MR) is 74.7 cm³/mol. The van der Waals surface area contributed by atoms with Crippen LogP contribution < -0.4 is 9.47 Å². The highest BCUT2D eigenvalue weighted by Crippen LogP contribution is 2.32. The number of rotatable bonds is 3. The van der Waals surface area contributed by atoms with Gasteiger partial charge in [-0.05, 0) is 40.2 Å². The van der Waals surface area contributed by atoms with Crippen LogP contribution in [0.1, 0.15) is 5.56 Å². The molecule has 0 bridgehead atoms. The third-order valence-electron chi connectivity index (χ3n) is 2.25.